The third-order valence-electron chi connectivity index (χ3n) is 4.02. The van der Waals surface area contributed by atoms with Crippen molar-refractivity contribution in [3.8, 4) is 0 Å². The lowest BCUT2D eigenvalue weighted by Crippen LogP contribution is -2.58. The second kappa shape index (κ2) is 3.74. The summed E-state index contributed by atoms with van der Waals surface area (Å²) in [6.07, 6.45) is 2.52. The van der Waals surface area contributed by atoms with E-state index in [0.717, 1.165) is 18.8 Å². The zero-order chi connectivity index (χ0) is 11.0. The van der Waals surface area contributed by atoms with E-state index in [1.54, 1.807) is 12.1 Å². The van der Waals surface area contributed by atoms with Gasteiger partial charge in [-0.25, -0.2) is 4.39 Å². The maximum absolute atomic E-state index is 12.8. The Morgan fingerprint density at radius 3 is 2.19 bits per heavy atom. The Morgan fingerprint density at radius 2 is 1.69 bits per heavy atom. The molecule has 0 bridgehead atoms. The molecule has 3 rings (SSSR count). The fourth-order valence-electron chi connectivity index (χ4n) is 2.72. The fraction of sp³-hybridized carbons (Fsp3) is 0.538. The quantitative estimate of drug-likeness (QED) is 0.779. The molecule has 1 spiro atoms. The summed E-state index contributed by atoms with van der Waals surface area (Å²) in [5, 5.41) is 3.37. The highest BCUT2D eigenvalue weighted by atomic mass is 19.1. The first-order valence-electron chi connectivity index (χ1n) is 5.99. The van der Waals surface area contributed by atoms with Crippen LogP contribution < -0.4 is 10.2 Å². The molecular weight excluding hydrogens is 203 g/mol. The number of nitrogens with one attached hydrogen (secondary N) is 1. The van der Waals surface area contributed by atoms with E-state index in [1.165, 1.54) is 25.9 Å². The number of hydrogen-bond acceptors (Lipinski definition) is 2. The highest BCUT2D eigenvalue weighted by molar-refractivity contribution is 5.46. The Labute approximate surface area is 95.4 Å². The van der Waals surface area contributed by atoms with Gasteiger partial charge in [-0.1, -0.05) is 0 Å². The number of nitrogens with zero attached hydrogens (tertiary/aromatic N) is 1. The molecule has 0 saturated carbocycles. The molecule has 0 radical (unpaired) electrons. The predicted molar refractivity (Wildman–Crippen MR) is 63.1 cm³/mol. The largest absolute Gasteiger partial charge is 0.371 e. The molecule has 0 atom stereocenters. The third kappa shape index (κ3) is 1.69. The summed E-state index contributed by atoms with van der Waals surface area (Å²) in [5.74, 6) is -0.152. The van der Waals surface area contributed by atoms with Gasteiger partial charge in [0.05, 0.1) is 0 Å². The van der Waals surface area contributed by atoms with Crippen LogP contribution in [0.15, 0.2) is 24.3 Å². The van der Waals surface area contributed by atoms with E-state index in [4.69, 9.17) is 0 Å². The zero-order valence-corrected chi connectivity index (χ0v) is 9.38. The SMILES string of the molecule is Fc1ccc(N2CCC3(CC2)CNC3)cc1. The average molecular weight is 220 g/mol. The summed E-state index contributed by atoms with van der Waals surface area (Å²) >= 11 is 0. The fourth-order valence-corrected chi connectivity index (χ4v) is 2.72. The summed E-state index contributed by atoms with van der Waals surface area (Å²) in [6.45, 7) is 4.58. The van der Waals surface area contributed by atoms with Gasteiger partial charge in [-0.05, 0) is 42.5 Å². The molecule has 2 fully saturated rings. The van der Waals surface area contributed by atoms with Gasteiger partial charge < -0.3 is 10.2 Å². The molecule has 16 heavy (non-hydrogen) atoms. The maximum atomic E-state index is 12.8. The summed E-state index contributed by atoms with van der Waals surface area (Å²) in [5.41, 5.74) is 1.74. The van der Waals surface area contributed by atoms with Crippen molar-refractivity contribution in [2.45, 2.75) is 12.8 Å². The molecule has 3 heteroatoms. The molecular formula is C13H17FN2. The minimum Gasteiger partial charge on any atom is -0.371 e. The van der Waals surface area contributed by atoms with Gasteiger partial charge in [-0.2, -0.15) is 0 Å². The van der Waals surface area contributed by atoms with Crippen LogP contribution in [0.3, 0.4) is 0 Å². The standard InChI is InChI=1S/C13H17FN2/c14-11-1-3-12(4-2-11)16-7-5-13(6-8-16)9-15-10-13/h1-4,15H,5-10H2. The molecule has 2 nitrogen and oxygen atoms in total. The Bertz CT molecular complexity index is 360. The zero-order valence-electron chi connectivity index (χ0n) is 9.38. The monoisotopic (exact) mass is 220 g/mol. The van der Waals surface area contributed by atoms with E-state index in [2.05, 4.69) is 10.2 Å². The third-order valence-corrected chi connectivity index (χ3v) is 4.02. The molecule has 86 valence electrons. The van der Waals surface area contributed by atoms with Gasteiger partial charge in [0.25, 0.3) is 0 Å². The first kappa shape index (κ1) is 10.1. The van der Waals surface area contributed by atoms with Gasteiger partial charge in [0, 0.05) is 31.9 Å². The highest BCUT2D eigenvalue weighted by Crippen LogP contribution is 2.36. The van der Waals surface area contributed by atoms with E-state index in [1.807, 2.05) is 12.1 Å². The number of benzene rings is 1. The van der Waals surface area contributed by atoms with Crippen LogP contribution in [-0.4, -0.2) is 26.2 Å². The molecule has 2 saturated heterocycles. The van der Waals surface area contributed by atoms with Gasteiger partial charge in [-0.3, -0.25) is 0 Å². The molecule has 2 aliphatic heterocycles. The average Bonchev–Trinajstić information content (AvgIpc) is 2.28. The van der Waals surface area contributed by atoms with Crippen molar-refractivity contribution in [3.05, 3.63) is 30.1 Å². The molecule has 0 amide bonds. The molecule has 0 unspecified atom stereocenters. The second-order valence-electron chi connectivity index (χ2n) is 5.07. The molecule has 1 N–H and O–H groups in total. The van der Waals surface area contributed by atoms with Gasteiger partial charge >= 0.3 is 0 Å². The van der Waals surface area contributed by atoms with Crippen LogP contribution in [0.5, 0.6) is 0 Å². The van der Waals surface area contributed by atoms with E-state index in [0.29, 0.717) is 5.41 Å². The van der Waals surface area contributed by atoms with E-state index >= 15 is 0 Å². The van der Waals surface area contributed by atoms with Crippen LogP contribution in [0.1, 0.15) is 12.8 Å². The summed E-state index contributed by atoms with van der Waals surface area (Å²) in [6, 6.07) is 6.86. The van der Waals surface area contributed by atoms with E-state index in [9.17, 15) is 4.39 Å². The lowest BCUT2D eigenvalue weighted by atomic mass is 9.73. The number of halogens is 1. The molecule has 0 aromatic heterocycles. The van der Waals surface area contributed by atoms with Crippen LogP contribution in [0.2, 0.25) is 0 Å². The lowest BCUT2D eigenvalue weighted by Gasteiger charge is -2.48. The van der Waals surface area contributed by atoms with Crippen molar-refractivity contribution in [1.29, 1.82) is 0 Å². The van der Waals surface area contributed by atoms with E-state index < -0.39 is 0 Å². The van der Waals surface area contributed by atoms with Crippen LogP contribution >= 0.6 is 0 Å². The number of piperidine rings is 1. The highest BCUT2D eigenvalue weighted by Gasteiger charge is 2.39. The smallest absolute Gasteiger partial charge is 0.123 e. The first-order valence-corrected chi connectivity index (χ1v) is 5.99. The van der Waals surface area contributed by atoms with Crippen molar-refractivity contribution in [2.75, 3.05) is 31.1 Å². The van der Waals surface area contributed by atoms with Gasteiger partial charge in [0.15, 0.2) is 0 Å². The van der Waals surface area contributed by atoms with Crippen molar-refractivity contribution < 1.29 is 4.39 Å². The second-order valence-corrected chi connectivity index (χ2v) is 5.07. The minimum atomic E-state index is -0.152. The van der Waals surface area contributed by atoms with Crippen molar-refractivity contribution in [1.82, 2.24) is 5.32 Å². The molecule has 1 aromatic carbocycles. The van der Waals surface area contributed by atoms with Crippen molar-refractivity contribution >= 4 is 5.69 Å². The number of rotatable bonds is 1. The summed E-state index contributed by atoms with van der Waals surface area (Å²) in [7, 11) is 0. The Morgan fingerprint density at radius 1 is 1.06 bits per heavy atom. The van der Waals surface area contributed by atoms with Gasteiger partial charge in [0.2, 0.25) is 0 Å². The summed E-state index contributed by atoms with van der Waals surface area (Å²) < 4.78 is 12.8. The van der Waals surface area contributed by atoms with E-state index in [-0.39, 0.29) is 5.82 Å². The number of hydrogen-bond donors (Lipinski definition) is 1. The van der Waals surface area contributed by atoms with Crippen LogP contribution in [-0.2, 0) is 0 Å². The van der Waals surface area contributed by atoms with Crippen LogP contribution in [0.25, 0.3) is 0 Å². The lowest BCUT2D eigenvalue weighted by molar-refractivity contribution is 0.126. The van der Waals surface area contributed by atoms with Crippen molar-refractivity contribution in [3.63, 3.8) is 0 Å². The maximum Gasteiger partial charge on any atom is 0.123 e. The predicted octanol–water partition coefficient (Wildman–Crippen LogP) is 2.02. The van der Waals surface area contributed by atoms with Crippen LogP contribution in [0.4, 0.5) is 10.1 Å². The molecule has 2 aliphatic rings. The first-order chi connectivity index (χ1) is 7.77. The Balaban J connectivity index is 1.67. The van der Waals surface area contributed by atoms with Crippen molar-refractivity contribution in [2.24, 2.45) is 5.41 Å². The normalized spacial score (nSPS) is 23.2. The molecule has 0 aliphatic carbocycles. The number of anilines is 1. The van der Waals surface area contributed by atoms with Gasteiger partial charge in [0.1, 0.15) is 5.82 Å². The van der Waals surface area contributed by atoms with Crippen LogP contribution in [0, 0.1) is 11.2 Å². The topological polar surface area (TPSA) is 15.3 Å². The summed E-state index contributed by atoms with van der Waals surface area (Å²) in [4.78, 5) is 2.36. The van der Waals surface area contributed by atoms with Gasteiger partial charge in [-0.15, -0.1) is 0 Å². The molecule has 1 aromatic rings. The Hall–Kier alpha value is -1.09. The minimum absolute atomic E-state index is 0.152. The Kier molecular flexibility index (Phi) is 2.36. The molecule has 2 heterocycles.